The minimum absolute atomic E-state index is 0.120. The van der Waals surface area contributed by atoms with Crippen LogP contribution in [0.15, 0.2) is 48.5 Å². The fraction of sp³-hybridized carbons (Fsp3) is 0.316. The third-order valence-corrected chi connectivity index (χ3v) is 3.70. The van der Waals surface area contributed by atoms with Gasteiger partial charge in [-0.25, -0.2) is 4.79 Å². The number of carbonyl (C=O) groups is 1. The van der Waals surface area contributed by atoms with Gasteiger partial charge in [-0.1, -0.05) is 18.2 Å². The molecule has 0 aliphatic rings. The Kier molecular flexibility index (Phi) is 6.25. The number of aliphatic hydroxyl groups is 1. The lowest BCUT2D eigenvalue weighted by atomic mass is 9.96. The van der Waals surface area contributed by atoms with Gasteiger partial charge in [0.15, 0.2) is 0 Å². The summed E-state index contributed by atoms with van der Waals surface area (Å²) in [6.45, 7) is 1.80. The first kappa shape index (κ1) is 18.6. The second-order valence-electron chi connectivity index (χ2n) is 6.06. The maximum atomic E-state index is 12.0. The Balaban J connectivity index is 1.86. The number of carbonyl (C=O) groups excluding carboxylic acids is 1. The number of hydrogen-bond donors (Lipinski definition) is 3. The van der Waals surface area contributed by atoms with Crippen LogP contribution < -0.4 is 20.1 Å². The number of methoxy groups -OCH3 is 2. The molecule has 0 saturated heterocycles. The van der Waals surface area contributed by atoms with E-state index in [0.717, 1.165) is 11.3 Å². The molecule has 2 aromatic rings. The minimum Gasteiger partial charge on any atom is -0.497 e. The van der Waals surface area contributed by atoms with Gasteiger partial charge in [-0.3, -0.25) is 0 Å². The number of urea groups is 1. The molecule has 2 rings (SSSR count). The van der Waals surface area contributed by atoms with E-state index in [1.165, 1.54) is 0 Å². The molecule has 0 spiro atoms. The number of ether oxygens (including phenoxy) is 2. The predicted molar refractivity (Wildman–Crippen MR) is 97.3 cm³/mol. The number of hydrogen-bond acceptors (Lipinski definition) is 4. The van der Waals surface area contributed by atoms with Crippen LogP contribution in [0.1, 0.15) is 12.5 Å². The molecule has 134 valence electrons. The summed E-state index contributed by atoms with van der Waals surface area (Å²) in [7, 11) is 3.17. The molecule has 6 heteroatoms. The van der Waals surface area contributed by atoms with Crippen molar-refractivity contribution < 1.29 is 19.4 Å². The van der Waals surface area contributed by atoms with Crippen LogP contribution in [0.3, 0.4) is 0 Å². The Morgan fingerprint density at radius 2 is 1.76 bits per heavy atom. The van der Waals surface area contributed by atoms with Crippen LogP contribution >= 0.6 is 0 Å². The van der Waals surface area contributed by atoms with E-state index in [1.54, 1.807) is 45.4 Å². The number of nitrogens with one attached hydrogen (secondary N) is 2. The first-order valence-electron chi connectivity index (χ1n) is 7.96. The molecule has 0 aliphatic heterocycles. The van der Waals surface area contributed by atoms with Gasteiger partial charge >= 0.3 is 6.03 Å². The highest BCUT2D eigenvalue weighted by Crippen LogP contribution is 2.18. The summed E-state index contributed by atoms with van der Waals surface area (Å²) in [5.41, 5.74) is 0.507. The third kappa shape index (κ3) is 6.00. The van der Waals surface area contributed by atoms with E-state index in [1.807, 2.05) is 24.3 Å². The highest BCUT2D eigenvalue weighted by atomic mass is 16.5. The molecule has 0 saturated carbocycles. The summed E-state index contributed by atoms with van der Waals surface area (Å²) in [5.74, 6) is 1.42. The standard InChI is InChI=1S/C19H24N2O4/c1-19(23,12-14-7-9-16(24-2)10-8-14)13-20-18(22)21-15-5-4-6-17(11-15)25-3/h4-11,23H,12-13H2,1-3H3,(H2,20,21,22). The molecule has 2 aromatic carbocycles. The van der Waals surface area contributed by atoms with Crippen molar-refractivity contribution in [1.82, 2.24) is 5.32 Å². The Morgan fingerprint density at radius 3 is 2.40 bits per heavy atom. The summed E-state index contributed by atoms with van der Waals surface area (Å²) in [6, 6.07) is 14.1. The third-order valence-electron chi connectivity index (χ3n) is 3.70. The Labute approximate surface area is 147 Å². The van der Waals surface area contributed by atoms with Crippen LogP contribution in [-0.4, -0.2) is 37.5 Å². The quantitative estimate of drug-likeness (QED) is 0.721. The number of amides is 2. The van der Waals surface area contributed by atoms with Crippen molar-refractivity contribution in [3.63, 3.8) is 0 Å². The molecule has 0 fully saturated rings. The van der Waals surface area contributed by atoms with Gasteiger partial charge in [-0.2, -0.15) is 0 Å². The van der Waals surface area contributed by atoms with Crippen LogP contribution in [0, 0.1) is 0 Å². The van der Waals surface area contributed by atoms with Gasteiger partial charge < -0.3 is 25.2 Å². The molecule has 1 unspecified atom stereocenters. The highest BCUT2D eigenvalue weighted by Gasteiger charge is 2.22. The minimum atomic E-state index is -1.07. The number of anilines is 1. The Bertz CT molecular complexity index is 699. The van der Waals surface area contributed by atoms with Crippen molar-refractivity contribution in [2.75, 3.05) is 26.1 Å². The Morgan fingerprint density at radius 1 is 1.08 bits per heavy atom. The van der Waals surface area contributed by atoms with Crippen LogP contribution in [0.5, 0.6) is 11.5 Å². The van der Waals surface area contributed by atoms with Gasteiger partial charge in [-0.15, -0.1) is 0 Å². The summed E-state index contributed by atoms with van der Waals surface area (Å²) in [5, 5.41) is 15.9. The first-order valence-corrected chi connectivity index (χ1v) is 7.96. The van der Waals surface area contributed by atoms with Crippen molar-refractivity contribution in [2.45, 2.75) is 18.9 Å². The second-order valence-corrected chi connectivity index (χ2v) is 6.06. The van der Waals surface area contributed by atoms with Gasteiger partial charge in [0, 0.05) is 24.7 Å². The first-order chi connectivity index (χ1) is 11.9. The largest absolute Gasteiger partial charge is 0.497 e. The van der Waals surface area contributed by atoms with E-state index in [9.17, 15) is 9.90 Å². The molecule has 3 N–H and O–H groups in total. The molecule has 0 aliphatic carbocycles. The molecule has 0 heterocycles. The maximum absolute atomic E-state index is 12.0. The molecule has 0 aromatic heterocycles. The van der Waals surface area contributed by atoms with Gasteiger partial charge in [0.25, 0.3) is 0 Å². The van der Waals surface area contributed by atoms with E-state index in [0.29, 0.717) is 17.9 Å². The summed E-state index contributed by atoms with van der Waals surface area (Å²) < 4.78 is 10.2. The summed E-state index contributed by atoms with van der Waals surface area (Å²) >= 11 is 0. The van der Waals surface area contributed by atoms with Crippen molar-refractivity contribution in [2.24, 2.45) is 0 Å². The highest BCUT2D eigenvalue weighted by molar-refractivity contribution is 5.89. The zero-order valence-electron chi connectivity index (χ0n) is 14.7. The molecule has 1 atom stereocenters. The maximum Gasteiger partial charge on any atom is 0.319 e. The lowest BCUT2D eigenvalue weighted by molar-refractivity contribution is 0.0629. The van der Waals surface area contributed by atoms with Crippen molar-refractivity contribution >= 4 is 11.7 Å². The number of rotatable bonds is 7. The molecule has 25 heavy (non-hydrogen) atoms. The smallest absolute Gasteiger partial charge is 0.319 e. The van der Waals surface area contributed by atoms with Gasteiger partial charge in [0.1, 0.15) is 11.5 Å². The van der Waals surface area contributed by atoms with Crippen LogP contribution in [0.2, 0.25) is 0 Å². The second kappa shape index (κ2) is 8.39. The zero-order valence-corrected chi connectivity index (χ0v) is 14.7. The molecule has 0 bridgehead atoms. The summed E-state index contributed by atoms with van der Waals surface area (Å²) in [6.07, 6.45) is 0.413. The van der Waals surface area contributed by atoms with Gasteiger partial charge in [0.2, 0.25) is 0 Å². The van der Waals surface area contributed by atoms with Crippen LogP contribution in [0.25, 0.3) is 0 Å². The predicted octanol–water partition coefficient (Wildman–Crippen LogP) is 2.82. The lowest BCUT2D eigenvalue weighted by Gasteiger charge is -2.24. The van der Waals surface area contributed by atoms with Crippen molar-refractivity contribution in [1.29, 1.82) is 0 Å². The van der Waals surface area contributed by atoms with Gasteiger partial charge in [-0.05, 0) is 36.8 Å². The van der Waals surface area contributed by atoms with E-state index >= 15 is 0 Å². The van der Waals surface area contributed by atoms with E-state index in [-0.39, 0.29) is 12.6 Å². The molecular weight excluding hydrogens is 320 g/mol. The number of benzene rings is 2. The SMILES string of the molecule is COc1ccc(CC(C)(O)CNC(=O)Nc2cccc(OC)c2)cc1. The molecular formula is C19H24N2O4. The average Bonchev–Trinajstić information content (AvgIpc) is 2.60. The van der Waals surface area contributed by atoms with E-state index < -0.39 is 5.60 Å². The fourth-order valence-electron chi connectivity index (χ4n) is 2.39. The van der Waals surface area contributed by atoms with Crippen LogP contribution in [0.4, 0.5) is 10.5 Å². The Hall–Kier alpha value is -2.73. The molecule has 0 radical (unpaired) electrons. The van der Waals surface area contributed by atoms with Gasteiger partial charge in [0.05, 0.1) is 19.8 Å². The lowest BCUT2D eigenvalue weighted by Crippen LogP contribution is -2.43. The average molecular weight is 344 g/mol. The van der Waals surface area contributed by atoms with E-state index in [2.05, 4.69) is 10.6 Å². The van der Waals surface area contributed by atoms with Crippen molar-refractivity contribution in [3.8, 4) is 11.5 Å². The van der Waals surface area contributed by atoms with E-state index in [4.69, 9.17) is 9.47 Å². The molecule has 2 amide bonds. The summed E-state index contributed by atoms with van der Waals surface area (Å²) in [4.78, 5) is 12.0. The fourth-order valence-corrected chi connectivity index (χ4v) is 2.39. The normalized spacial score (nSPS) is 12.8. The topological polar surface area (TPSA) is 79.8 Å². The zero-order chi connectivity index (χ0) is 18.3. The monoisotopic (exact) mass is 344 g/mol. The van der Waals surface area contributed by atoms with Crippen LogP contribution in [-0.2, 0) is 6.42 Å². The molecule has 6 nitrogen and oxygen atoms in total. The van der Waals surface area contributed by atoms with Crippen molar-refractivity contribution in [3.05, 3.63) is 54.1 Å².